The van der Waals surface area contributed by atoms with Crippen molar-refractivity contribution in [3.05, 3.63) is 46.5 Å². The van der Waals surface area contributed by atoms with Gasteiger partial charge in [0.25, 0.3) is 0 Å². The smallest absolute Gasteiger partial charge is 0.231 e. The number of carbonyl (C=O) groups is 1. The fraction of sp³-hybridized carbons (Fsp3) is 0.458. The molecule has 4 rings (SSSR count). The highest BCUT2D eigenvalue weighted by atomic mass is 35.5. The number of nitrogens with two attached hydrogens (primary N) is 1. The van der Waals surface area contributed by atoms with Crippen LogP contribution in [0.2, 0.25) is 5.02 Å². The maximum Gasteiger partial charge on any atom is 0.231 e. The first-order valence-electron chi connectivity index (χ1n) is 11.0. The van der Waals surface area contributed by atoms with Crippen LogP contribution in [-0.2, 0) is 6.61 Å². The van der Waals surface area contributed by atoms with Crippen molar-refractivity contribution in [3.63, 3.8) is 0 Å². The van der Waals surface area contributed by atoms with Gasteiger partial charge in [-0.1, -0.05) is 24.1 Å². The van der Waals surface area contributed by atoms with Crippen LogP contribution < -0.4 is 19.9 Å². The van der Waals surface area contributed by atoms with Crippen LogP contribution in [-0.4, -0.2) is 37.1 Å². The SMILES string of the molecule is Nc1cc(OCc2ccc3c(c2)OCO3)c(C(=O)CCCCN2CCCCC2)cc1Cl. The van der Waals surface area contributed by atoms with E-state index in [1.165, 1.54) is 32.4 Å². The molecule has 2 N–H and O–H groups in total. The Bertz CT molecular complexity index is 928. The molecule has 0 radical (unpaired) electrons. The molecule has 1 saturated heterocycles. The fourth-order valence-corrected chi connectivity index (χ4v) is 4.20. The molecule has 31 heavy (non-hydrogen) atoms. The fourth-order valence-electron chi connectivity index (χ4n) is 4.04. The van der Waals surface area contributed by atoms with Gasteiger partial charge in [0.15, 0.2) is 17.3 Å². The maximum absolute atomic E-state index is 12.9. The third-order valence-corrected chi connectivity index (χ3v) is 6.13. The standard InChI is InChI=1S/C24H29ClN2O4/c25-19-13-18(21(28)6-2-5-11-27-9-3-1-4-10-27)23(14-20(19)26)29-15-17-7-8-22-24(12-17)31-16-30-22/h7-8,12-14H,1-6,9-11,15-16,26H2. The van der Waals surface area contributed by atoms with Crippen LogP contribution in [0.1, 0.15) is 54.4 Å². The van der Waals surface area contributed by atoms with Crippen molar-refractivity contribution < 1.29 is 19.0 Å². The summed E-state index contributed by atoms with van der Waals surface area (Å²) in [6.45, 7) is 3.93. The van der Waals surface area contributed by atoms with Gasteiger partial charge in [-0.25, -0.2) is 0 Å². The van der Waals surface area contributed by atoms with E-state index in [0.717, 1.165) is 30.7 Å². The van der Waals surface area contributed by atoms with Crippen molar-refractivity contribution in [2.75, 3.05) is 32.2 Å². The summed E-state index contributed by atoms with van der Waals surface area (Å²) in [6, 6.07) is 8.90. The zero-order chi connectivity index (χ0) is 21.6. The van der Waals surface area contributed by atoms with Crippen LogP contribution in [0, 0.1) is 0 Å². The Labute approximate surface area is 188 Å². The number of fused-ring (bicyclic) bond motifs is 1. The van der Waals surface area contributed by atoms with Gasteiger partial charge in [-0.3, -0.25) is 4.79 Å². The molecule has 1 fully saturated rings. The first-order valence-corrected chi connectivity index (χ1v) is 11.3. The summed E-state index contributed by atoms with van der Waals surface area (Å²) in [7, 11) is 0. The van der Waals surface area contributed by atoms with Crippen LogP contribution in [0.25, 0.3) is 0 Å². The lowest BCUT2D eigenvalue weighted by atomic mass is 10.0. The Morgan fingerprint density at radius 1 is 1.06 bits per heavy atom. The predicted octanol–water partition coefficient (Wildman–Crippen LogP) is 5.07. The van der Waals surface area contributed by atoms with E-state index < -0.39 is 0 Å². The number of hydrogen-bond acceptors (Lipinski definition) is 6. The normalized spacial score (nSPS) is 15.8. The number of piperidine rings is 1. The molecule has 0 amide bonds. The van der Waals surface area contributed by atoms with Gasteiger partial charge in [0.2, 0.25) is 6.79 Å². The van der Waals surface area contributed by atoms with Crippen LogP contribution in [0.5, 0.6) is 17.2 Å². The minimum absolute atomic E-state index is 0.0289. The molecule has 0 aromatic heterocycles. The highest BCUT2D eigenvalue weighted by Gasteiger charge is 2.18. The number of anilines is 1. The Balaban J connectivity index is 1.36. The molecule has 2 heterocycles. The zero-order valence-corrected chi connectivity index (χ0v) is 18.5. The van der Waals surface area contributed by atoms with Crippen LogP contribution >= 0.6 is 11.6 Å². The number of hydrogen-bond donors (Lipinski definition) is 1. The lowest BCUT2D eigenvalue weighted by Gasteiger charge is -2.26. The predicted molar refractivity (Wildman–Crippen MR) is 121 cm³/mol. The molecule has 7 heteroatoms. The number of unbranched alkanes of at least 4 members (excludes halogenated alkanes) is 1. The van der Waals surface area contributed by atoms with E-state index in [0.29, 0.717) is 34.2 Å². The Morgan fingerprint density at radius 3 is 2.71 bits per heavy atom. The van der Waals surface area contributed by atoms with Crippen LogP contribution in [0.15, 0.2) is 30.3 Å². The molecule has 2 aromatic carbocycles. The minimum atomic E-state index is 0.0289. The molecule has 0 saturated carbocycles. The van der Waals surface area contributed by atoms with Crippen molar-refractivity contribution in [3.8, 4) is 17.2 Å². The molecular weight excluding hydrogens is 416 g/mol. The van der Waals surface area contributed by atoms with Crippen molar-refractivity contribution in [1.82, 2.24) is 4.90 Å². The van der Waals surface area contributed by atoms with Gasteiger partial charge in [0.1, 0.15) is 12.4 Å². The highest BCUT2D eigenvalue weighted by molar-refractivity contribution is 6.33. The minimum Gasteiger partial charge on any atom is -0.488 e. The second kappa shape index (κ2) is 10.2. The summed E-state index contributed by atoms with van der Waals surface area (Å²) in [5.74, 6) is 1.91. The van der Waals surface area contributed by atoms with Gasteiger partial charge in [0, 0.05) is 12.5 Å². The van der Waals surface area contributed by atoms with Gasteiger partial charge >= 0.3 is 0 Å². The molecule has 0 atom stereocenters. The van der Waals surface area contributed by atoms with E-state index in [1.54, 1.807) is 12.1 Å². The Morgan fingerprint density at radius 2 is 1.87 bits per heavy atom. The van der Waals surface area contributed by atoms with Gasteiger partial charge in [-0.2, -0.15) is 0 Å². The number of Topliss-reactive ketones (excluding diaryl/α,β-unsaturated/α-hetero) is 1. The summed E-state index contributed by atoms with van der Waals surface area (Å²) in [4.78, 5) is 15.4. The van der Waals surface area contributed by atoms with Crippen molar-refractivity contribution in [1.29, 1.82) is 0 Å². The number of benzene rings is 2. The lowest BCUT2D eigenvalue weighted by molar-refractivity contribution is 0.0973. The number of nitrogen functional groups attached to an aromatic ring is 1. The molecule has 2 aliphatic heterocycles. The van der Waals surface area contributed by atoms with Crippen molar-refractivity contribution >= 4 is 23.1 Å². The quantitative estimate of drug-likeness (QED) is 0.330. The third kappa shape index (κ3) is 5.63. The first kappa shape index (κ1) is 21.8. The number of nitrogens with zero attached hydrogens (tertiary/aromatic N) is 1. The van der Waals surface area contributed by atoms with Crippen LogP contribution in [0.3, 0.4) is 0 Å². The lowest BCUT2D eigenvalue weighted by Crippen LogP contribution is -2.30. The Kier molecular flexibility index (Phi) is 7.20. The van der Waals surface area contributed by atoms with E-state index in [4.69, 9.17) is 31.5 Å². The number of likely N-dealkylation sites (tertiary alicyclic amines) is 1. The molecule has 0 bridgehead atoms. The summed E-state index contributed by atoms with van der Waals surface area (Å²) in [5.41, 5.74) is 7.76. The second-order valence-electron chi connectivity index (χ2n) is 8.13. The number of rotatable bonds is 9. The molecule has 166 valence electrons. The van der Waals surface area contributed by atoms with Crippen molar-refractivity contribution in [2.45, 2.75) is 45.1 Å². The van der Waals surface area contributed by atoms with Crippen LogP contribution in [0.4, 0.5) is 5.69 Å². The Hall–Kier alpha value is -2.44. The van der Waals surface area contributed by atoms with E-state index in [1.807, 2.05) is 18.2 Å². The molecule has 6 nitrogen and oxygen atoms in total. The van der Waals surface area contributed by atoms with Gasteiger partial charge in [-0.05, 0) is 69.1 Å². The summed E-state index contributed by atoms with van der Waals surface area (Å²) in [5, 5.41) is 0.368. The molecular formula is C24H29ClN2O4. The topological polar surface area (TPSA) is 74.0 Å². The van der Waals surface area contributed by atoms with Crippen molar-refractivity contribution in [2.24, 2.45) is 0 Å². The largest absolute Gasteiger partial charge is 0.488 e. The van der Waals surface area contributed by atoms with Gasteiger partial charge in [0.05, 0.1) is 16.3 Å². The third-order valence-electron chi connectivity index (χ3n) is 5.81. The number of ether oxygens (including phenoxy) is 3. The number of halogens is 1. The van der Waals surface area contributed by atoms with Gasteiger partial charge in [-0.15, -0.1) is 0 Å². The number of ketones is 1. The summed E-state index contributed by atoms with van der Waals surface area (Å²) in [6.07, 6.45) is 6.23. The molecule has 2 aliphatic rings. The maximum atomic E-state index is 12.9. The van der Waals surface area contributed by atoms with E-state index in [9.17, 15) is 4.79 Å². The molecule has 2 aromatic rings. The van der Waals surface area contributed by atoms with E-state index in [2.05, 4.69) is 4.90 Å². The van der Waals surface area contributed by atoms with Gasteiger partial charge < -0.3 is 24.8 Å². The second-order valence-corrected chi connectivity index (χ2v) is 8.54. The average molecular weight is 445 g/mol. The monoisotopic (exact) mass is 444 g/mol. The number of carbonyl (C=O) groups excluding carboxylic acids is 1. The molecule has 0 aliphatic carbocycles. The summed E-state index contributed by atoms with van der Waals surface area (Å²) >= 11 is 6.20. The molecule has 0 spiro atoms. The zero-order valence-electron chi connectivity index (χ0n) is 17.7. The average Bonchev–Trinajstić information content (AvgIpc) is 3.25. The molecule has 0 unspecified atom stereocenters. The summed E-state index contributed by atoms with van der Waals surface area (Å²) < 4.78 is 16.7. The highest BCUT2D eigenvalue weighted by Crippen LogP contribution is 2.34. The van der Waals surface area contributed by atoms with E-state index >= 15 is 0 Å². The first-order chi connectivity index (χ1) is 15.1. The van der Waals surface area contributed by atoms with E-state index in [-0.39, 0.29) is 19.2 Å².